The van der Waals surface area contributed by atoms with Gasteiger partial charge in [0.2, 0.25) is 5.91 Å². The molecule has 1 aliphatic rings. The Bertz CT molecular complexity index is 601. The summed E-state index contributed by atoms with van der Waals surface area (Å²) in [5.74, 6) is 0.901. The summed E-state index contributed by atoms with van der Waals surface area (Å²) in [6.07, 6.45) is 0.719. The Morgan fingerprint density at radius 2 is 2.00 bits per heavy atom. The van der Waals surface area contributed by atoms with Crippen LogP contribution in [0.1, 0.15) is 32.3 Å². The first-order chi connectivity index (χ1) is 11.0. The molecule has 1 amide bonds. The van der Waals surface area contributed by atoms with Crippen LogP contribution >= 0.6 is 0 Å². The average molecular weight is 321 g/mol. The maximum atomic E-state index is 12.3. The monoisotopic (exact) mass is 321 g/mol. The number of carbonyl (C=O) groups is 2. The largest absolute Gasteiger partial charge is 0.497 e. The van der Waals surface area contributed by atoms with Gasteiger partial charge < -0.3 is 19.1 Å². The predicted octanol–water partition coefficient (Wildman–Crippen LogP) is 2.15. The number of nitrogens with zero attached hydrogens (tertiary/aromatic N) is 1. The molecule has 0 bridgehead atoms. The third kappa shape index (κ3) is 2.98. The molecule has 0 N–H and O–H groups in total. The Hall–Kier alpha value is -2.24. The van der Waals surface area contributed by atoms with E-state index in [2.05, 4.69) is 0 Å². The lowest BCUT2D eigenvalue weighted by Gasteiger charge is -2.49. The van der Waals surface area contributed by atoms with Crippen molar-refractivity contribution in [3.8, 4) is 11.5 Å². The number of carbonyl (C=O) groups excluding carboxylic acids is 2. The second kappa shape index (κ2) is 6.89. The lowest BCUT2D eigenvalue weighted by Crippen LogP contribution is -2.67. The zero-order chi connectivity index (χ0) is 17.0. The molecule has 6 nitrogen and oxygen atoms in total. The van der Waals surface area contributed by atoms with Gasteiger partial charge in [0.1, 0.15) is 17.0 Å². The van der Waals surface area contributed by atoms with Gasteiger partial charge in [0.05, 0.1) is 33.8 Å². The van der Waals surface area contributed by atoms with E-state index in [1.165, 1.54) is 0 Å². The topological polar surface area (TPSA) is 65.1 Å². The summed E-state index contributed by atoms with van der Waals surface area (Å²) in [5, 5.41) is 0. The molecular weight excluding hydrogens is 298 g/mol. The van der Waals surface area contributed by atoms with Gasteiger partial charge in [-0.25, -0.2) is 4.79 Å². The van der Waals surface area contributed by atoms with Crippen molar-refractivity contribution in [3.05, 3.63) is 23.8 Å². The normalized spacial score (nSPS) is 20.0. The number of amides is 1. The lowest BCUT2D eigenvalue weighted by atomic mass is 9.80. The van der Waals surface area contributed by atoms with Crippen molar-refractivity contribution >= 4 is 11.9 Å². The molecule has 1 atom stereocenters. The number of hydrogen-bond donors (Lipinski definition) is 0. The molecule has 1 heterocycles. The van der Waals surface area contributed by atoms with Gasteiger partial charge in [-0.2, -0.15) is 0 Å². The zero-order valence-corrected chi connectivity index (χ0v) is 14.0. The summed E-state index contributed by atoms with van der Waals surface area (Å²) in [4.78, 5) is 26.0. The Morgan fingerprint density at radius 1 is 1.26 bits per heavy atom. The van der Waals surface area contributed by atoms with Gasteiger partial charge in [0, 0.05) is 11.6 Å². The summed E-state index contributed by atoms with van der Waals surface area (Å²) < 4.78 is 15.7. The number of methoxy groups -OCH3 is 2. The number of benzene rings is 1. The maximum Gasteiger partial charge on any atom is 0.332 e. The van der Waals surface area contributed by atoms with E-state index in [4.69, 9.17) is 14.2 Å². The van der Waals surface area contributed by atoms with Gasteiger partial charge >= 0.3 is 5.97 Å². The molecule has 23 heavy (non-hydrogen) atoms. The number of likely N-dealkylation sites (tertiary alicyclic amines) is 1. The van der Waals surface area contributed by atoms with E-state index in [0.29, 0.717) is 31.1 Å². The van der Waals surface area contributed by atoms with E-state index in [0.717, 1.165) is 5.56 Å². The predicted molar refractivity (Wildman–Crippen MR) is 84.4 cm³/mol. The van der Waals surface area contributed by atoms with E-state index in [-0.39, 0.29) is 18.3 Å². The van der Waals surface area contributed by atoms with Crippen LogP contribution in [0.25, 0.3) is 0 Å². The lowest BCUT2D eigenvalue weighted by molar-refractivity contribution is -0.181. The van der Waals surface area contributed by atoms with Crippen molar-refractivity contribution in [2.45, 2.75) is 38.8 Å². The van der Waals surface area contributed by atoms with E-state index in [9.17, 15) is 9.59 Å². The number of esters is 1. The van der Waals surface area contributed by atoms with E-state index in [1.807, 2.05) is 13.0 Å². The average Bonchev–Trinajstić information content (AvgIpc) is 2.57. The Labute approximate surface area is 136 Å². The second-order valence-corrected chi connectivity index (χ2v) is 5.44. The summed E-state index contributed by atoms with van der Waals surface area (Å²) in [6.45, 7) is 4.26. The van der Waals surface area contributed by atoms with E-state index in [1.54, 1.807) is 38.2 Å². The second-order valence-electron chi connectivity index (χ2n) is 5.44. The third-order valence-electron chi connectivity index (χ3n) is 4.32. The molecule has 1 fully saturated rings. The van der Waals surface area contributed by atoms with Crippen LogP contribution in [0.4, 0.5) is 0 Å². The fraction of sp³-hybridized carbons (Fsp3) is 0.529. The van der Waals surface area contributed by atoms with Crippen LogP contribution < -0.4 is 9.47 Å². The van der Waals surface area contributed by atoms with Crippen molar-refractivity contribution in [2.24, 2.45) is 0 Å². The number of ether oxygens (including phenoxy) is 3. The van der Waals surface area contributed by atoms with Gasteiger partial charge in [0.25, 0.3) is 0 Å². The fourth-order valence-electron chi connectivity index (χ4n) is 2.89. The van der Waals surface area contributed by atoms with Gasteiger partial charge in [0.15, 0.2) is 0 Å². The van der Waals surface area contributed by atoms with Crippen molar-refractivity contribution in [1.29, 1.82) is 0 Å². The summed E-state index contributed by atoms with van der Waals surface area (Å²) in [5.41, 5.74) is -0.0404. The molecule has 6 heteroatoms. The molecule has 1 unspecified atom stereocenters. The summed E-state index contributed by atoms with van der Waals surface area (Å²) in [6, 6.07) is 5.41. The van der Waals surface area contributed by atoms with Crippen LogP contribution in [0.15, 0.2) is 18.2 Å². The highest BCUT2D eigenvalue weighted by Crippen LogP contribution is 2.39. The van der Waals surface area contributed by atoms with Gasteiger partial charge in [-0.1, -0.05) is 6.92 Å². The zero-order valence-electron chi connectivity index (χ0n) is 14.0. The number of β-lactam (4-membered cyclic amide) rings is 1. The smallest absolute Gasteiger partial charge is 0.332 e. The first-order valence-corrected chi connectivity index (χ1v) is 7.71. The molecule has 0 saturated carbocycles. The van der Waals surface area contributed by atoms with Gasteiger partial charge in [-0.05, 0) is 25.5 Å². The molecule has 1 aromatic carbocycles. The van der Waals surface area contributed by atoms with Crippen LogP contribution in [0, 0.1) is 0 Å². The quantitative estimate of drug-likeness (QED) is 0.569. The van der Waals surface area contributed by atoms with Gasteiger partial charge in [-0.3, -0.25) is 4.79 Å². The molecule has 1 saturated heterocycles. The standard InChI is InChI=1S/C17H23NO5/c1-5-17(16(20)23-6-2)10-15(19)18(17)11-12-7-8-13(21-3)9-14(12)22-4/h7-9H,5-6,10-11H2,1-4H3. The molecular formula is C17H23NO5. The first kappa shape index (κ1) is 17.1. The Morgan fingerprint density at radius 3 is 2.52 bits per heavy atom. The van der Waals surface area contributed by atoms with Crippen LogP contribution in [0.5, 0.6) is 11.5 Å². The minimum absolute atomic E-state index is 0.0576. The number of rotatable bonds is 7. The summed E-state index contributed by atoms with van der Waals surface area (Å²) in [7, 11) is 3.14. The van der Waals surface area contributed by atoms with Crippen molar-refractivity contribution < 1.29 is 23.8 Å². The third-order valence-corrected chi connectivity index (χ3v) is 4.32. The molecule has 1 aliphatic heterocycles. The Kier molecular flexibility index (Phi) is 5.13. The fourth-order valence-corrected chi connectivity index (χ4v) is 2.89. The minimum Gasteiger partial charge on any atom is -0.497 e. The first-order valence-electron chi connectivity index (χ1n) is 7.71. The molecule has 0 radical (unpaired) electrons. The molecule has 126 valence electrons. The SMILES string of the molecule is CCOC(=O)C1(CC)CC(=O)N1Cc1ccc(OC)cc1OC. The maximum absolute atomic E-state index is 12.3. The van der Waals surface area contributed by atoms with Crippen LogP contribution in [-0.2, 0) is 20.9 Å². The Balaban J connectivity index is 2.27. The highest BCUT2D eigenvalue weighted by Gasteiger charge is 2.56. The minimum atomic E-state index is -0.863. The molecule has 1 aromatic rings. The highest BCUT2D eigenvalue weighted by atomic mass is 16.5. The van der Waals surface area contributed by atoms with E-state index >= 15 is 0 Å². The molecule has 0 aromatic heterocycles. The summed E-state index contributed by atoms with van der Waals surface area (Å²) >= 11 is 0. The van der Waals surface area contributed by atoms with Crippen molar-refractivity contribution in [1.82, 2.24) is 4.90 Å². The van der Waals surface area contributed by atoms with Crippen LogP contribution in [-0.4, -0.2) is 43.1 Å². The van der Waals surface area contributed by atoms with E-state index < -0.39 is 5.54 Å². The van der Waals surface area contributed by atoms with Crippen LogP contribution in [0.3, 0.4) is 0 Å². The molecule has 0 aliphatic carbocycles. The van der Waals surface area contributed by atoms with Crippen molar-refractivity contribution in [2.75, 3.05) is 20.8 Å². The number of hydrogen-bond acceptors (Lipinski definition) is 5. The van der Waals surface area contributed by atoms with Gasteiger partial charge in [-0.15, -0.1) is 0 Å². The van der Waals surface area contributed by atoms with Crippen molar-refractivity contribution in [3.63, 3.8) is 0 Å². The molecule has 2 rings (SSSR count). The van der Waals surface area contributed by atoms with Crippen LogP contribution in [0.2, 0.25) is 0 Å². The molecule has 0 spiro atoms. The highest BCUT2D eigenvalue weighted by molar-refractivity contribution is 5.99.